The zero-order valence-corrected chi connectivity index (χ0v) is 19.7. The van der Waals surface area contributed by atoms with Crippen LogP contribution in [0.2, 0.25) is 0 Å². The lowest BCUT2D eigenvalue weighted by Gasteiger charge is -2.44. The fourth-order valence-corrected chi connectivity index (χ4v) is 4.14. The van der Waals surface area contributed by atoms with E-state index < -0.39 is 47.5 Å². The molecule has 0 bridgehead atoms. The van der Waals surface area contributed by atoms with Crippen LogP contribution in [-0.2, 0) is 27.4 Å². The molecule has 0 aliphatic heterocycles. The van der Waals surface area contributed by atoms with Crippen LogP contribution in [0.1, 0.15) is 21.5 Å². The summed E-state index contributed by atoms with van der Waals surface area (Å²) in [7, 11) is 0. The van der Waals surface area contributed by atoms with E-state index in [1.54, 1.807) is 0 Å². The largest absolute Gasteiger partial charge is 0.453 e. The summed E-state index contributed by atoms with van der Waals surface area (Å²) >= 11 is 0. The topological polar surface area (TPSA) is 149 Å². The lowest BCUT2D eigenvalue weighted by Crippen LogP contribution is -2.65. The summed E-state index contributed by atoms with van der Waals surface area (Å²) in [5, 5.41) is 43.7. The average Bonchev–Trinajstić information content (AvgIpc) is 2.92. The van der Waals surface area contributed by atoms with Crippen molar-refractivity contribution >= 4 is 11.7 Å². The minimum absolute atomic E-state index is 0.0244. The SMILES string of the molecule is O=C(O[C@H]1[C@@H](O)[C@H](O)[C@@H](OCc2ccccc2)[C@H](OCc2ccccc2)[C@H]1O)c1ccc([N+](=O)[O-])cc1. The number of nitrogens with zero attached hydrogens (tertiary/aromatic N) is 1. The van der Waals surface area contributed by atoms with Crippen LogP contribution < -0.4 is 0 Å². The first kappa shape index (κ1) is 26.4. The van der Waals surface area contributed by atoms with Crippen LogP contribution in [-0.4, -0.2) is 62.8 Å². The Labute approximate surface area is 212 Å². The molecule has 10 nitrogen and oxygen atoms in total. The van der Waals surface area contributed by atoms with Crippen molar-refractivity contribution in [3.05, 3.63) is 112 Å². The highest BCUT2D eigenvalue weighted by atomic mass is 16.6. The molecule has 37 heavy (non-hydrogen) atoms. The van der Waals surface area contributed by atoms with Crippen LogP contribution >= 0.6 is 0 Å². The van der Waals surface area contributed by atoms with Crippen molar-refractivity contribution in [3.63, 3.8) is 0 Å². The van der Waals surface area contributed by atoms with Crippen LogP contribution in [0.5, 0.6) is 0 Å². The molecular weight excluding hydrogens is 482 g/mol. The number of carbonyl (C=O) groups excluding carboxylic acids is 1. The quantitative estimate of drug-likeness (QED) is 0.225. The minimum atomic E-state index is -1.69. The summed E-state index contributed by atoms with van der Waals surface area (Å²) in [5.41, 5.74) is 1.38. The Bertz CT molecular complexity index is 1170. The van der Waals surface area contributed by atoms with Crippen LogP contribution in [0.25, 0.3) is 0 Å². The number of hydrogen-bond acceptors (Lipinski definition) is 9. The first-order valence-electron chi connectivity index (χ1n) is 11.7. The second-order valence-electron chi connectivity index (χ2n) is 8.67. The van der Waals surface area contributed by atoms with Crippen LogP contribution in [0, 0.1) is 10.1 Å². The number of carbonyl (C=O) groups is 1. The van der Waals surface area contributed by atoms with Gasteiger partial charge in [0, 0.05) is 12.1 Å². The van der Waals surface area contributed by atoms with Gasteiger partial charge in [0.25, 0.3) is 5.69 Å². The maximum Gasteiger partial charge on any atom is 0.338 e. The fraction of sp³-hybridized carbons (Fsp3) is 0.296. The Hall–Kier alpha value is -3.67. The molecule has 1 aliphatic carbocycles. The lowest BCUT2D eigenvalue weighted by molar-refractivity contribution is -0.384. The first-order chi connectivity index (χ1) is 17.8. The lowest BCUT2D eigenvalue weighted by atomic mass is 9.84. The van der Waals surface area contributed by atoms with E-state index in [9.17, 15) is 30.2 Å². The van der Waals surface area contributed by atoms with Crippen LogP contribution in [0.15, 0.2) is 84.9 Å². The van der Waals surface area contributed by atoms with Crippen molar-refractivity contribution < 1.29 is 39.2 Å². The van der Waals surface area contributed by atoms with Gasteiger partial charge in [-0.15, -0.1) is 0 Å². The molecule has 3 aromatic carbocycles. The molecule has 1 saturated carbocycles. The Balaban J connectivity index is 1.52. The van der Waals surface area contributed by atoms with Gasteiger partial charge in [-0.3, -0.25) is 10.1 Å². The van der Waals surface area contributed by atoms with E-state index in [0.717, 1.165) is 23.3 Å². The maximum atomic E-state index is 12.7. The molecule has 3 aromatic rings. The zero-order chi connectivity index (χ0) is 26.4. The third-order valence-electron chi connectivity index (χ3n) is 6.15. The number of esters is 1. The molecule has 0 spiro atoms. The summed E-state index contributed by atoms with van der Waals surface area (Å²) in [4.78, 5) is 23.0. The van der Waals surface area contributed by atoms with Crippen molar-refractivity contribution in [1.29, 1.82) is 0 Å². The van der Waals surface area contributed by atoms with Gasteiger partial charge in [-0.2, -0.15) is 0 Å². The standard InChI is InChI=1S/C27H27NO9/c29-21-22(30)25(35-15-17-7-3-1-4-8-17)26(36-16-18-9-5-2-6-10-18)23(31)24(21)37-27(32)19-11-13-20(14-12-19)28(33)34/h1-14,21-26,29-31H,15-16H2/t21-,22-,23-,24-,25+,26+/m0/s1. The molecule has 0 radical (unpaired) electrons. The third kappa shape index (κ3) is 6.37. The van der Waals surface area contributed by atoms with Gasteiger partial charge in [-0.1, -0.05) is 60.7 Å². The van der Waals surface area contributed by atoms with E-state index in [-0.39, 0.29) is 24.5 Å². The second-order valence-corrected chi connectivity index (χ2v) is 8.67. The Morgan fingerprint density at radius 2 is 1.16 bits per heavy atom. The summed E-state index contributed by atoms with van der Waals surface area (Å²) in [6, 6.07) is 23.0. The maximum absolute atomic E-state index is 12.7. The molecule has 6 atom stereocenters. The van der Waals surface area contributed by atoms with Crippen molar-refractivity contribution in [2.45, 2.75) is 49.8 Å². The Morgan fingerprint density at radius 1 is 0.703 bits per heavy atom. The molecular formula is C27H27NO9. The Morgan fingerprint density at radius 3 is 1.65 bits per heavy atom. The van der Waals surface area contributed by atoms with Crippen molar-refractivity contribution in [2.75, 3.05) is 0 Å². The molecule has 0 saturated heterocycles. The van der Waals surface area contributed by atoms with Gasteiger partial charge >= 0.3 is 5.97 Å². The average molecular weight is 510 g/mol. The smallest absolute Gasteiger partial charge is 0.338 e. The number of benzene rings is 3. The Kier molecular flexibility index (Phi) is 8.59. The number of rotatable bonds is 9. The van der Waals surface area contributed by atoms with Gasteiger partial charge < -0.3 is 29.5 Å². The normalized spacial score (nSPS) is 25.4. The number of nitro benzene ring substituents is 1. The van der Waals surface area contributed by atoms with E-state index in [1.807, 2.05) is 60.7 Å². The first-order valence-corrected chi connectivity index (χ1v) is 11.7. The van der Waals surface area contributed by atoms with Crippen molar-refractivity contribution in [2.24, 2.45) is 0 Å². The van der Waals surface area contributed by atoms with Gasteiger partial charge in [0.2, 0.25) is 0 Å². The predicted octanol–water partition coefficient (Wildman–Crippen LogP) is 2.39. The van der Waals surface area contributed by atoms with Gasteiger partial charge in [-0.25, -0.2) is 4.79 Å². The highest BCUT2D eigenvalue weighted by molar-refractivity contribution is 5.89. The third-order valence-corrected chi connectivity index (χ3v) is 6.15. The molecule has 10 heteroatoms. The van der Waals surface area contributed by atoms with Crippen molar-refractivity contribution in [1.82, 2.24) is 0 Å². The summed E-state index contributed by atoms with van der Waals surface area (Å²) in [6.07, 6.45) is -8.63. The molecule has 0 unspecified atom stereocenters. The van der Waals surface area contributed by atoms with Crippen LogP contribution in [0.3, 0.4) is 0 Å². The molecule has 1 aliphatic rings. The summed E-state index contributed by atoms with van der Waals surface area (Å²) in [5.74, 6) is -0.935. The zero-order valence-electron chi connectivity index (χ0n) is 19.7. The van der Waals surface area contributed by atoms with Gasteiger partial charge in [0.15, 0.2) is 6.10 Å². The molecule has 4 rings (SSSR count). The number of ether oxygens (including phenoxy) is 3. The molecule has 0 heterocycles. The van der Waals surface area contributed by atoms with Crippen LogP contribution in [0.4, 0.5) is 5.69 Å². The van der Waals surface area contributed by atoms with Gasteiger partial charge in [-0.05, 0) is 23.3 Å². The molecule has 0 amide bonds. The van der Waals surface area contributed by atoms with E-state index in [4.69, 9.17) is 14.2 Å². The molecule has 0 aromatic heterocycles. The van der Waals surface area contributed by atoms with Gasteiger partial charge in [0.05, 0.1) is 23.7 Å². The number of aliphatic hydroxyl groups is 3. The van der Waals surface area contributed by atoms with Gasteiger partial charge in [0.1, 0.15) is 30.5 Å². The predicted molar refractivity (Wildman–Crippen MR) is 130 cm³/mol. The fourth-order valence-electron chi connectivity index (χ4n) is 4.14. The monoisotopic (exact) mass is 509 g/mol. The highest BCUT2D eigenvalue weighted by Crippen LogP contribution is 2.30. The molecule has 3 N–H and O–H groups in total. The van der Waals surface area contributed by atoms with Crippen molar-refractivity contribution in [3.8, 4) is 0 Å². The van der Waals surface area contributed by atoms with E-state index in [0.29, 0.717) is 0 Å². The minimum Gasteiger partial charge on any atom is -0.453 e. The molecule has 1 fully saturated rings. The summed E-state index contributed by atoms with van der Waals surface area (Å²) in [6.45, 7) is 0.153. The van der Waals surface area contributed by atoms with E-state index in [2.05, 4.69) is 0 Å². The number of nitro groups is 1. The number of hydrogen-bond donors (Lipinski definition) is 3. The number of non-ortho nitro benzene ring substituents is 1. The highest BCUT2D eigenvalue weighted by Gasteiger charge is 2.52. The second kappa shape index (κ2) is 12.0. The van der Waals surface area contributed by atoms with E-state index in [1.165, 1.54) is 12.1 Å². The summed E-state index contributed by atoms with van der Waals surface area (Å²) < 4.78 is 17.2. The van der Waals surface area contributed by atoms with E-state index >= 15 is 0 Å². The number of aliphatic hydroxyl groups excluding tert-OH is 3. The molecule has 194 valence electrons.